The fourth-order valence-electron chi connectivity index (χ4n) is 3.78. The highest BCUT2D eigenvalue weighted by atomic mass is 32.2. The summed E-state index contributed by atoms with van der Waals surface area (Å²) in [5.74, 6) is 0.353. The molecule has 12 heteroatoms. The van der Waals surface area contributed by atoms with Crippen molar-refractivity contribution >= 4 is 21.5 Å². The van der Waals surface area contributed by atoms with Crippen LogP contribution in [0.1, 0.15) is 11.1 Å². The van der Waals surface area contributed by atoms with Crippen molar-refractivity contribution in [3.05, 3.63) is 47.7 Å². The predicted molar refractivity (Wildman–Crippen MR) is 113 cm³/mol. The molecule has 2 aromatic rings. The first-order valence-electron chi connectivity index (χ1n) is 10.3. The zero-order chi connectivity index (χ0) is 22.8. The minimum atomic E-state index is -4.45. The van der Waals surface area contributed by atoms with Crippen LogP contribution in [0.2, 0.25) is 0 Å². The average molecular weight is 472 g/mol. The molecule has 0 amide bonds. The third kappa shape index (κ3) is 5.30. The number of ether oxygens (including phenoxy) is 1. The predicted octanol–water partition coefficient (Wildman–Crippen LogP) is 1.98. The van der Waals surface area contributed by atoms with Gasteiger partial charge in [-0.15, -0.1) is 5.10 Å². The van der Waals surface area contributed by atoms with Gasteiger partial charge in [-0.2, -0.15) is 22.6 Å². The van der Waals surface area contributed by atoms with Crippen molar-refractivity contribution < 1.29 is 26.3 Å². The van der Waals surface area contributed by atoms with Gasteiger partial charge in [0.15, 0.2) is 5.82 Å². The third-order valence-corrected chi connectivity index (χ3v) is 7.44. The maximum atomic E-state index is 12.8. The van der Waals surface area contributed by atoms with Crippen LogP contribution in [-0.2, 0) is 26.7 Å². The number of sulfonamides is 1. The number of piperazine rings is 1. The molecule has 0 N–H and O–H groups in total. The highest BCUT2D eigenvalue weighted by Crippen LogP contribution is 2.29. The lowest BCUT2D eigenvalue weighted by Crippen LogP contribution is -2.49. The lowest BCUT2D eigenvalue weighted by molar-refractivity contribution is -0.137. The molecule has 2 aliphatic rings. The van der Waals surface area contributed by atoms with Crippen molar-refractivity contribution in [2.45, 2.75) is 11.9 Å². The fourth-order valence-corrected chi connectivity index (χ4v) is 5.30. The standard InChI is InChI=1S/C20H24F3N5O3S/c21-20(22,23)17-3-1-16(2-4-17)15-32(29,30)28-7-5-27(6-8-28)19-13-18(14-24-25-19)26-9-11-31-12-10-26/h1-4,13-14H,5-12,15H2. The molecule has 8 nitrogen and oxygen atoms in total. The van der Waals surface area contributed by atoms with Gasteiger partial charge >= 0.3 is 6.18 Å². The highest BCUT2D eigenvalue weighted by molar-refractivity contribution is 7.88. The number of alkyl halides is 3. The topological polar surface area (TPSA) is 78.9 Å². The van der Waals surface area contributed by atoms with E-state index in [2.05, 4.69) is 15.1 Å². The largest absolute Gasteiger partial charge is 0.416 e. The van der Waals surface area contributed by atoms with Crippen LogP contribution in [0, 0.1) is 0 Å². The molecule has 0 aliphatic carbocycles. The second-order valence-electron chi connectivity index (χ2n) is 7.71. The van der Waals surface area contributed by atoms with Crippen molar-refractivity contribution in [3.8, 4) is 0 Å². The van der Waals surface area contributed by atoms with Gasteiger partial charge in [0.1, 0.15) is 0 Å². The van der Waals surface area contributed by atoms with Gasteiger partial charge in [0, 0.05) is 45.3 Å². The maximum absolute atomic E-state index is 12.8. The maximum Gasteiger partial charge on any atom is 0.416 e. The molecule has 1 aromatic carbocycles. The molecule has 2 fully saturated rings. The Kier molecular flexibility index (Phi) is 6.54. The summed E-state index contributed by atoms with van der Waals surface area (Å²) in [6.45, 7) is 4.32. The van der Waals surface area contributed by atoms with Gasteiger partial charge < -0.3 is 14.5 Å². The molecule has 0 saturated carbocycles. The molecular weight excluding hydrogens is 447 g/mol. The number of hydrogen-bond acceptors (Lipinski definition) is 7. The summed E-state index contributed by atoms with van der Waals surface area (Å²) < 4.78 is 70.4. The van der Waals surface area contributed by atoms with Crippen LogP contribution < -0.4 is 9.80 Å². The van der Waals surface area contributed by atoms with E-state index in [0.29, 0.717) is 37.7 Å². The molecule has 4 rings (SSSR count). The molecule has 3 heterocycles. The van der Waals surface area contributed by atoms with Crippen LogP contribution in [0.4, 0.5) is 24.7 Å². The highest BCUT2D eigenvalue weighted by Gasteiger charge is 2.31. The Balaban J connectivity index is 1.36. The van der Waals surface area contributed by atoms with E-state index in [1.165, 1.54) is 16.4 Å². The normalized spacial score (nSPS) is 18.7. The second-order valence-corrected chi connectivity index (χ2v) is 9.68. The Hall–Kier alpha value is -2.44. The van der Waals surface area contributed by atoms with E-state index >= 15 is 0 Å². The minimum Gasteiger partial charge on any atom is -0.378 e. The monoisotopic (exact) mass is 471 g/mol. The van der Waals surface area contributed by atoms with Gasteiger partial charge in [-0.25, -0.2) is 8.42 Å². The van der Waals surface area contributed by atoms with E-state index in [-0.39, 0.29) is 18.8 Å². The Morgan fingerprint density at radius 2 is 1.59 bits per heavy atom. The zero-order valence-electron chi connectivity index (χ0n) is 17.3. The number of hydrogen-bond donors (Lipinski definition) is 0. The summed E-state index contributed by atoms with van der Waals surface area (Å²) >= 11 is 0. The smallest absolute Gasteiger partial charge is 0.378 e. The molecule has 2 saturated heterocycles. The summed E-state index contributed by atoms with van der Waals surface area (Å²) in [7, 11) is -3.65. The zero-order valence-corrected chi connectivity index (χ0v) is 18.1. The number of anilines is 2. The molecule has 2 aliphatic heterocycles. The lowest BCUT2D eigenvalue weighted by atomic mass is 10.1. The van der Waals surface area contributed by atoms with Crippen LogP contribution in [0.15, 0.2) is 36.5 Å². The van der Waals surface area contributed by atoms with Crippen molar-refractivity contribution in [1.29, 1.82) is 0 Å². The summed E-state index contributed by atoms with van der Waals surface area (Å²) in [6, 6.07) is 6.18. The van der Waals surface area contributed by atoms with Gasteiger partial charge in [0.25, 0.3) is 0 Å². The number of benzene rings is 1. The van der Waals surface area contributed by atoms with Crippen molar-refractivity contribution in [1.82, 2.24) is 14.5 Å². The number of morpholine rings is 1. The Morgan fingerprint density at radius 1 is 0.938 bits per heavy atom. The van der Waals surface area contributed by atoms with E-state index in [9.17, 15) is 21.6 Å². The van der Waals surface area contributed by atoms with Crippen LogP contribution in [0.3, 0.4) is 0 Å². The van der Waals surface area contributed by atoms with Gasteiger partial charge in [-0.1, -0.05) is 12.1 Å². The summed E-state index contributed by atoms with van der Waals surface area (Å²) in [6.07, 6.45) is -2.74. The van der Waals surface area contributed by atoms with Crippen molar-refractivity contribution in [3.63, 3.8) is 0 Å². The third-order valence-electron chi connectivity index (χ3n) is 5.59. The molecule has 0 atom stereocenters. The summed E-state index contributed by atoms with van der Waals surface area (Å²) in [5, 5.41) is 8.30. The van der Waals surface area contributed by atoms with Gasteiger partial charge in [0.05, 0.1) is 36.4 Å². The first-order valence-corrected chi connectivity index (χ1v) is 11.9. The SMILES string of the molecule is O=S(=O)(Cc1ccc(C(F)(F)F)cc1)N1CCN(c2cc(N3CCOCC3)cnn2)CC1. The van der Waals surface area contributed by atoms with Crippen LogP contribution in [0.5, 0.6) is 0 Å². The van der Waals surface area contributed by atoms with E-state index in [1.54, 1.807) is 6.20 Å². The average Bonchev–Trinajstić information content (AvgIpc) is 2.79. The molecule has 0 radical (unpaired) electrons. The van der Waals surface area contributed by atoms with E-state index < -0.39 is 21.8 Å². The van der Waals surface area contributed by atoms with Crippen LogP contribution >= 0.6 is 0 Å². The Bertz CT molecular complexity index is 1020. The van der Waals surface area contributed by atoms with Crippen molar-refractivity contribution in [2.24, 2.45) is 0 Å². The van der Waals surface area contributed by atoms with E-state index in [1.807, 2.05) is 11.0 Å². The van der Waals surface area contributed by atoms with Gasteiger partial charge in [-0.3, -0.25) is 0 Å². The number of aromatic nitrogens is 2. The first kappa shape index (κ1) is 22.7. The molecule has 0 spiro atoms. The van der Waals surface area contributed by atoms with Gasteiger partial charge in [-0.05, 0) is 17.7 Å². The van der Waals surface area contributed by atoms with Gasteiger partial charge in [0.2, 0.25) is 10.0 Å². The van der Waals surface area contributed by atoms with Crippen LogP contribution in [-0.4, -0.2) is 75.4 Å². The number of nitrogens with zero attached hydrogens (tertiary/aromatic N) is 5. The second kappa shape index (κ2) is 9.20. The quantitative estimate of drug-likeness (QED) is 0.660. The molecule has 1 aromatic heterocycles. The molecule has 0 unspecified atom stereocenters. The Labute approximate surface area is 184 Å². The lowest BCUT2D eigenvalue weighted by Gasteiger charge is -2.35. The Morgan fingerprint density at radius 3 is 2.22 bits per heavy atom. The summed E-state index contributed by atoms with van der Waals surface area (Å²) in [4.78, 5) is 4.16. The number of halogens is 3. The molecule has 0 bridgehead atoms. The van der Waals surface area contributed by atoms with Crippen molar-refractivity contribution in [2.75, 3.05) is 62.3 Å². The minimum absolute atomic E-state index is 0.270. The van der Waals surface area contributed by atoms with E-state index in [4.69, 9.17) is 4.74 Å². The molecule has 174 valence electrons. The van der Waals surface area contributed by atoms with E-state index in [0.717, 1.165) is 30.9 Å². The summed E-state index contributed by atoms with van der Waals surface area (Å²) in [5.41, 5.74) is 0.479. The molecular formula is C20H24F3N5O3S. The fraction of sp³-hybridized carbons (Fsp3) is 0.500. The first-order chi connectivity index (χ1) is 15.2. The molecule has 32 heavy (non-hydrogen) atoms. The van der Waals surface area contributed by atoms with Crippen LogP contribution in [0.25, 0.3) is 0 Å². The number of rotatable bonds is 5.